The fourth-order valence-corrected chi connectivity index (χ4v) is 6.48. The molecule has 0 unspecified atom stereocenters. The molecule has 0 heterocycles. The van der Waals surface area contributed by atoms with Crippen LogP contribution >= 0.6 is 23.8 Å². The van der Waals surface area contributed by atoms with Gasteiger partial charge in [-0.15, -0.1) is 0 Å². The van der Waals surface area contributed by atoms with Crippen molar-refractivity contribution >= 4 is 38.6 Å². The van der Waals surface area contributed by atoms with Crippen molar-refractivity contribution in [1.29, 1.82) is 0 Å². The van der Waals surface area contributed by atoms with Gasteiger partial charge in [-0.1, -0.05) is 36.0 Å². The van der Waals surface area contributed by atoms with Crippen LogP contribution in [0.2, 0.25) is 5.02 Å². The molecule has 26 heavy (non-hydrogen) atoms. The molecule has 0 radical (unpaired) electrons. The second kappa shape index (κ2) is 6.88. The molecular weight excluding hydrogens is 397 g/mol. The van der Waals surface area contributed by atoms with Crippen LogP contribution in [0, 0.1) is 11.2 Å². The van der Waals surface area contributed by atoms with E-state index in [1.807, 2.05) is 0 Å². The van der Waals surface area contributed by atoms with Crippen molar-refractivity contribution in [1.82, 2.24) is 0 Å². The van der Waals surface area contributed by atoms with Gasteiger partial charge in [-0.3, -0.25) is 0 Å². The highest BCUT2D eigenvalue weighted by Gasteiger charge is 2.73. The monoisotopic (exact) mass is 413 g/mol. The molecule has 0 spiro atoms. The lowest BCUT2D eigenvalue weighted by atomic mass is 10.00. The molecule has 0 aliphatic heterocycles. The van der Waals surface area contributed by atoms with Crippen molar-refractivity contribution in [2.45, 2.75) is 16.1 Å². The zero-order valence-electron chi connectivity index (χ0n) is 13.9. The van der Waals surface area contributed by atoms with Gasteiger partial charge in [-0.2, -0.15) is 0 Å². The van der Waals surface area contributed by atoms with E-state index in [4.69, 9.17) is 34.3 Å². The lowest BCUT2D eigenvalue weighted by Crippen LogP contribution is -2.33. The summed E-state index contributed by atoms with van der Waals surface area (Å²) in [7, 11) is -2.34. The number of ether oxygens (including phenoxy) is 1. The third kappa shape index (κ3) is 3.03. The quantitative estimate of drug-likeness (QED) is 0.735. The van der Waals surface area contributed by atoms with Crippen LogP contribution in [0.3, 0.4) is 0 Å². The summed E-state index contributed by atoms with van der Waals surface area (Å²) in [5.74, 6) is -1.04. The number of sulfone groups is 1. The maximum Gasteiger partial charge on any atom is 0.182 e. The number of hydrogen-bond acceptors (Lipinski definition) is 4. The van der Waals surface area contributed by atoms with Gasteiger partial charge in [0.15, 0.2) is 9.84 Å². The average Bonchev–Trinajstić information content (AvgIpc) is 3.27. The molecule has 1 aliphatic rings. The maximum absolute atomic E-state index is 13.7. The lowest BCUT2D eigenvalue weighted by molar-refractivity contribution is 0.166. The van der Waals surface area contributed by atoms with Gasteiger partial charge in [0.2, 0.25) is 0 Å². The standard InChI is InChI=1S/C18H17ClFNO3S2/c1-24-10-18(17(21)25)15(11-3-2-4-13(20)9-11)16(18)26(22,23)14-7-5-12(19)6-8-14/h2-9,15-16H,10H2,1H3,(H2,21,25)/t15-,16+,18-/m1/s1. The molecule has 2 N–H and O–H groups in total. The van der Waals surface area contributed by atoms with Crippen LogP contribution in [0.1, 0.15) is 11.5 Å². The summed E-state index contributed by atoms with van der Waals surface area (Å²) in [5.41, 5.74) is 5.38. The molecule has 138 valence electrons. The molecule has 0 saturated heterocycles. The smallest absolute Gasteiger partial charge is 0.182 e. The van der Waals surface area contributed by atoms with Crippen LogP contribution in [0.5, 0.6) is 0 Å². The van der Waals surface area contributed by atoms with Gasteiger partial charge in [0.25, 0.3) is 0 Å². The second-order valence-electron chi connectivity index (χ2n) is 6.29. The highest BCUT2D eigenvalue weighted by Crippen LogP contribution is 2.64. The van der Waals surface area contributed by atoms with Crippen LogP contribution in [0.15, 0.2) is 53.4 Å². The van der Waals surface area contributed by atoms with E-state index in [0.29, 0.717) is 10.6 Å². The first kappa shape index (κ1) is 19.2. The van der Waals surface area contributed by atoms with Gasteiger partial charge in [0.05, 0.1) is 27.2 Å². The second-order valence-corrected chi connectivity index (χ2v) is 9.24. The first-order valence-corrected chi connectivity index (χ1v) is 10.1. The van der Waals surface area contributed by atoms with Gasteiger partial charge < -0.3 is 10.5 Å². The third-order valence-electron chi connectivity index (χ3n) is 4.78. The molecule has 3 atom stereocenters. The summed E-state index contributed by atoms with van der Waals surface area (Å²) >= 11 is 11.1. The Morgan fingerprint density at radius 1 is 1.31 bits per heavy atom. The van der Waals surface area contributed by atoms with E-state index >= 15 is 0 Å². The maximum atomic E-state index is 13.7. The molecule has 1 saturated carbocycles. The Hall–Kier alpha value is -1.54. The Morgan fingerprint density at radius 3 is 2.50 bits per heavy atom. The van der Waals surface area contributed by atoms with Crippen LogP contribution in [-0.4, -0.2) is 32.4 Å². The molecule has 4 nitrogen and oxygen atoms in total. The molecule has 1 aliphatic carbocycles. The molecule has 2 aromatic carbocycles. The highest BCUT2D eigenvalue weighted by atomic mass is 35.5. The molecule has 2 aromatic rings. The first-order chi connectivity index (χ1) is 12.2. The predicted octanol–water partition coefficient (Wildman–Crippen LogP) is 3.34. The van der Waals surface area contributed by atoms with Crippen molar-refractivity contribution < 1.29 is 17.5 Å². The fraction of sp³-hybridized carbons (Fsp3) is 0.278. The van der Waals surface area contributed by atoms with Gasteiger partial charge in [0, 0.05) is 18.1 Å². The molecule has 0 aromatic heterocycles. The minimum absolute atomic E-state index is 0.0288. The number of nitrogens with two attached hydrogens (primary N) is 1. The Bertz CT molecular complexity index is 949. The molecule has 8 heteroatoms. The third-order valence-corrected chi connectivity index (χ3v) is 7.71. The number of rotatable bonds is 6. The zero-order valence-corrected chi connectivity index (χ0v) is 16.2. The summed E-state index contributed by atoms with van der Waals surface area (Å²) < 4.78 is 45.5. The van der Waals surface area contributed by atoms with Crippen LogP contribution in [0.4, 0.5) is 4.39 Å². The van der Waals surface area contributed by atoms with E-state index in [-0.39, 0.29) is 16.5 Å². The van der Waals surface area contributed by atoms with Gasteiger partial charge in [0.1, 0.15) is 5.82 Å². The van der Waals surface area contributed by atoms with Crippen LogP contribution < -0.4 is 5.73 Å². The number of hydrogen-bond donors (Lipinski definition) is 1. The number of benzene rings is 2. The molecule has 0 bridgehead atoms. The van der Waals surface area contributed by atoms with Crippen molar-refractivity contribution in [2.24, 2.45) is 11.1 Å². The summed E-state index contributed by atoms with van der Waals surface area (Å²) in [6, 6.07) is 11.7. The summed E-state index contributed by atoms with van der Waals surface area (Å²) in [6.45, 7) is 0.0288. The van der Waals surface area contributed by atoms with Crippen LogP contribution in [0.25, 0.3) is 0 Å². The summed E-state index contributed by atoms with van der Waals surface area (Å²) in [4.78, 5) is 0.152. The minimum atomic E-state index is -3.80. The first-order valence-electron chi connectivity index (χ1n) is 7.79. The van der Waals surface area contributed by atoms with Crippen molar-refractivity contribution in [3.05, 3.63) is 64.9 Å². The SMILES string of the molecule is COC[C@@]1(C(N)=S)[C@H](c2cccc(F)c2)[C@@H]1S(=O)(=O)c1ccc(Cl)cc1. The lowest BCUT2D eigenvalue weighted by Gasteiger charge is -2.16. The summed E-state index contributed by atoms with van der Waals surface area (Å²) in [5, 5.41) is -0.505. The predicted molar refractivity (Wildman–Crippen MR) is 103 cm³/mol. The average molecular weight is 414 g/mol. The number of thiocarbonyl (C=S) groups is 1. The fourth-order valence-electron chi connectivity index (χ4n) is 3.58. The molecule has 0 amide bonds. The number of halogens is 2. The van der Waals surface area contributed by atoms with E-state index in [0.717, 1.165) is 0 Å². The Kier molecular flexibility index (Phi) is 5.09. The van der Waals surface area contributed by atoms with E-state index in [2.05, 4.69) is 0 Å². The number of methoxy groups -OCH3 is 1. The minimum Gasteiger partial charge on any atom is -0.393 e. The highest BCUT2D eigenvalue weighted by molar-refractivity contribution is 7.92. The van der Waals surface area contributed by atoms with E-state index in [1.54, 1.807) is 6.07 Å². The topological polar surface area (TPSA) is 69.4 Å². The van der Waals surface area contributed by atoms with E-state index < -0.39 is 32.2 Å². The van der Waals surface area contributed by atoms with Gasteiger partial charge in [-0.05, 0) is 42.0 Å². The van der Waals surface area contributed by atoms with Gasteiger partial charge >= 0.3 is 0 Å². The van der Waals surface area contributed by atoms with Crippen molar-refractivity contribution in [2.75, 3.05) is 13.7 Å². The van der Waals surface area contributed by atoms with Crippen molar-refractivity contribution in [3.8, 4) is 0 Å². The zero-order chi connectivity index (χ0) is 19.1. The molecule has 3 rings (SSSR count). The molecular formula is C18H17ClFNO3S2. The largest absolute Gasteiger partial charge is 0.393 e. The van der Waals surface area contributed by atoms with Crippen LogP contribution in [-0.2, 0) is 14.6 Å². The summed E-state index contributed by atoms with van der Waals surface area (Å²) in [6.07, 6.45) is 0. The molecule has 1 fully saturated rings. The normalized spacial score (nSPS) is 25.0. The van der Waals surface area contributed by atoms with Crippen molar-refractivity contribution in [3.63, 3.8) is 0 Å². The van der Waals surface area contributed by atoms with Gasteiger partial charge in [-0.25, -0.2) is 12.8 Å². The Labute approximate surface area is 162 Å². The Morgan fingerprint density at radius 2 is 1.96 bits per heavy atom. The Balaban J connectivity index is 2.13. The van der Waals surface area contributed by atoms with E-state index in [1.165, 1.54) is 49.6 Å². The van der Waals surface area contributed by atoms with E-state index in [9.17, 15) is 12.8 Å².